The van der Waals surface area contributed by atoms with Gasteiger partial charge in [0.25, 0.3) is 0 Å². The standard InChI is InChI=1S/C15H21N3/c1-3-9-16-11-12-10-15(17-4-2)18-14-8-6-5-7-13(12)14/h5-8,10,16H,3-4,9,11H2,1-2H3,(H,17,18). The number of hydrogen-bond acceptors (Lipinski definition) is 3. The van der Waals surface area contributed by atoms with E-state index in [9.17, 15) is 0 Å². The van der Waals surface area contributed by atoms with E-state index in [4.69, 9.17) is 0 Å². The molecule has 0 aliphatic heterocycles. The first-order valence-electron chi connectivity index (χ1n) is 6.68. The summed E-state index contributed by atoms with van der Waals surface area (Å²) >= 11 is 0. The van der Waals surface area contributed by atoms with E-state index in [0.717, 1.165) is 37.4 Å². The lowest BCUT2D eigenvalue weighted by Crippen LogP contribution is -2.14. The minimum Gasteiger partial charge on any atom is -0.370 e. The van der Waals surface area contributed by atoms with Crippen molar-refractivity contribution in [3.8, 4) is 0 Å². The van der Waals surface area contributed by atoms with Gasteiger partial charge in [-0.05, 0) is 37.6 Å². The van der Waals surface area contributed by atoms with E-state index in [1.807, 2.05) is 6.07 Å². The molecule has 0 radical (unpaired) electrons. The molecule has 0 atom stereocenters. The zero-order valence-corrected chi connectivity index (χ0v) is 11.2. The monoisotopic (exact) mass is 243 g/mol. The minimum absolute atomic E-state index is 0.896. The summed E-state index contributed by atoms with van der Waals surface area (Å²) in [5, 5.41) is 7.99. The zero-order chi connectivity index (χ0) is 12.8. The smallest absolute Gasteiger partial charge is 0.126 e. The molecule has 0 saturated carbocycles. The topological polar surface area (TPSA) is 37.0 Å². The lowest BCUT2D eigenvalue weighted by Gasteiger charge is -2.11. The molecule has 18 heavy (non-hydrogen) atoms. The van der Waals surface area contributed by atoms with E-state index in [1.165, 1.54) is 10.9 Å². The fourth-order valence-corrected chi connectivity index (χ4v) is 2.07. The largest absolute Gasteiger partial charge is 0.370 e. The molecule has 0 unspecified atom stereocenters. The zero-order valence-electron chi connectivity index (χ0n) is 11.2. The van der Waals surface area contributed by atoms with Gasteiger partial charge in [0.2, 0.25) is 0 Å². The highest BCUT2D eigenvalue weighted by atomic mass is 15.0. The summed E-state index contributed by atoms with van der Waals surface area (Å²) in [6, 6.07) is 10.5. The lowest BCUT2D eigenvalue weighted by atomic mass is 10.1. The van der Waals surface area contributed by atoms with Gasteiger partial charge >= 0.3 is 0 Å². The predicted molar refractivity (Wildman–Crippen MR) is 77.9 cm³/mol. The molecule has 0 amide bonds. The van der Waals surface area contributed by atoms with Crippen molar-refractivity contribution in [3.05, 3.63) is 35.9 Å². The van der Waals surface area contributed by atoms with Crippen molar-refractivity contribution >= 4 is 16.7 Å². The Balaban J connectivity index is 2.34. The van der Waals surface area contributed by atoms with Crippen molar-refractivity contribution in [1.82, 2.24) is 10.3 Å². The molecule has 0 saturated heterocycles. The summed E-state index contributed by atoms with van der Waals surface area (Å²) in [7, 11) is 0. The molecule has 2 N–H and O–H groups in total. The van der Waals surface area contributed by atoms with Crippen LogP contribution in [0.4, 0.5) is 5.82 Å². The van der Waals surface area contributed by atoms with Crippen LogP contribution in [-0.2, 0) is 6.54 Å². The van der Waals surface area contributed by atoms with E-state index < -0.39 is 0 Å². The van der Waals surface area contributed by atoms with Gasteiger partial charge in [0, 0.05) is 18.5 Å². The van der Waals surface area contributed by atoms with Crippen molar-refractivity contribution in [2.75, 3.05) is 18.4 Å². The summed E-state index contributed by atoms with van der Waals surface area (Å²) < 4.78 is 0. The molecule has 0 bridgehead atoms. The van der Waals surface area contributed by atoms with Crippen molar-refractivity contribution < 1.29 is 0 Å². The van der Waals surface area contributed by atoms with Crippen LogP contribution in [0.2, 0.25) is 0 Å². The van der Waals surface area contributed by atoms with Crippen LogP contribution in [-0.4, -0.2) is 18.1 Å². The third kappa shape index (κ3) is 2.99. The number of pyridine rings is 1. The second-order valence-corrected chi connectivity index (χ2v) is 4.39. The highest BCUT2D eigenvalue weighted by Crippen LogP contribution is 2.20. The van der Waals surface area contributed by atoms with E-state index in [1.54, 1.807) is 0 Å². The molecule has 3 heteroatoms. The average Bonchev–Trinajstić information content (AvgIpc) is 2.39. The highest BCUT2D eigenvalue weighted by Gasteiger charge is 2.04. The van der Waals surface area contributed by atoms with Gasteiger partial charge in [-0.15, -0.1) is 0 Å². The molecular weight excluding hydrogens is 222 g/mol. The Morgan fingerprint density at radius 1 is 1.17 bits per heavy atom. The SMILES string of the molecule is CCCNCc1cc(NCC)nc2ccccc12. The maximum atomic E-state index is 4.61. The first-order chi connectivity index (χ1) is 8.85. The molecule has 0 aliphatic carbocycles. The van der Waals surface area contributed by atoms with E-state index in [0.29, 0.717) is 0 Å². The number of rotatable bonds is 6. The molecule has 0 fully saturated rings. The fourth-order valence-electron chi connectivity index (χ4n) is 2.07. The third-order valence-electron chi connectivity index (χ3n) is 2.90. The van der Waals surface area contributed by atoms with Crippen LogP contribution in [0.1, 0.15) is 25.8 Å². The molecule has 1 heterocycles. The number of para-hydroxylation sites is 1. The summed E-state index contributed by atoms with van der Waals surface area (Å²) in [5.41, 5.74) is 2.37. The van der Waals surface area contributed by atoms with Crippen molar-refractivity contribution in [2.24, 2.45) is 0 Å². The van der Waals surface area contributed by atoms with Gasteiger partial charge in [-0.25, -0.2) is 4.98 Å². The van der Waals surface area contributed by atoms with Gasteiger partial charge in [-0.2, -0.15) is 0 Å². The highest BCUT2D eigenvalue weighted by molar-refractivity contribution is 5.84. The normalized spacial score (nSPS) is 10.8. The molecular formula is C15H21N3. The van der Waals surface area contributed by atoms with Gasteiger partial charge in [0.1, 0.15) is 5.82 Å². The fraction of sp³-hybridized carbons (Fsp3) is 0.400. The average molecular weight is 243 g/mol. The van der Waals surface area contributed by atoms with E-state index >= 15 is 0 Å². The van der Waals surface area contributed by atoms with Crippen LogP contribution in [0.3, 0.4) is 0 Å². The summed E-state index contributed by atoms with van der Waals surface area (Å²) in [5.74, 6) is 0.962. The molecule has 2 rings (SSSR count). The van der Waals surface area contributed by atoms with Crippen LogP contribution in [0.25, 0.3) is 10.9 Å². The van der Waals surface area contributed by atoms with Crippen LogP contribution in [0, 0.1) is 0 Å². The summed E-state index contributed by atoms with van der Waals surface area (Å²) in [6.45, 7) is 7.11. The van der Waals surface area contributed by atoms with Gasteiger partial charge in [0.15, 0.2) is 0 Å². The first-order valence-corrected chi connectivity index (χ1v) is 6.68. The number of nitrogens with zero attached hydrogens (tertiary/aromatic N) is 1. The van der Waals surface area contributed by atoms with Crippen molar-refractivity contribution in [1.29, 1.82) is 0 Å². The Morgan fingerprint density at radius 3 is 2.78 bits per heavy atom. The van der Waals surface area contributed by atoms with E-state index in [2.05, 4.69) is 53.7 Å². The maximum absolute atomic E-state index is 4.61. The van der Waals surface area contributed by atoms with Crippen LogP contribution in [0.5, 0.6) is 0 Å². The van der Waals surface area contributed by atoms with Gasteiger partial charge in [-0.3, -0.25) is 0 Å². The maximum Gasteiger partial charge on any atom is 0.126 e. The Hall–Kier alpha value is -1.61. The Kier molecular flexibility index (Phi) is 4.53. The lowest BCUT2D eigenvalue weighted by molar-refractivity contribution is 0.678. The summed E-state index contributed by atoms with van der Waals surface area (Å²) in [4.78, 5) is 4.61. The predicted octanol–water partition coefficient (Wildman–Crippen LogP) is 3.17. The molecule has 1 aromatic carbocycles. The van der Waals surface area contributed by atoms with Gasteiger partial charge in [0.05, 0.1) is 5.52 Å². The minimum atomic E-state index is 0.896. The van der Waals surface area contributed by atoms with Crippen LogP contribution < -0.4 is 10.6 Å². The van der Waals surface area contributed by atoms with Crippen molar-refractivity contribution in [3.63, 3.8) is 0 Å². The number of benzene rings is 1. The molecule has 2 aromatic rings. The van der Waals surface area contributed by atoms with Gasteiger partial charge < -0.3 is 10.6 Å². The number of aromatic nitrogens is 1. The molecule has 3 nitrogen and oxygen atoms in total. The Morgan fingerprint density at radius 2 is 2.00 bits per heavy atom. The number of anilines is 1. The van der Waals surface area contributed by atoms with Crippen molar-refractivity contribution in [2.45, 2.75) is 26.8 Å². The van der Waals surface area contributed by atoms with Crippen LogP contribution in [0.15, 0.2) is 30.3 Å². The quantitative estimate of drug-likeness (QED) is 0.765. The molecule has 0 spiro atoms. The summed E-state index contributed by atoms with van der Waals surface area (Å²) in [6.07, 6.45) is 1.16. The first kappa shape index (κ1) is 12.8. The molecule has 1 aromatic heterocycles. The second kappa shape index (κ2) is 6.36. The van der Waals surface area contributed by atoms with E-state index in [-0.39, 0.29) is 0 Å². The number of nitrogens with one attached hydrogen (secondary N) is 2. The molecule has 96 valence electrons. The molecule has 0 aliphatic rings. The number of hydrogen-bond donors (Lipinski definition) is 2. The Labute approximate surface area is 109 Å². The second-order valence-electron chi connectivity index (χ2n) is 4.39. The Bertz CT molecular complexity index is 508. The third-order valence-corrected chi connectivity index (χ3v) is 2.90. The number of fused-ring (bicyclic) bond motifs is 1. The van der Waals surface area contributed by atoms with Crippen LogP contribution >= 0.6 is 0 Å². The van der Waals surface area contributed by atoms with Gasteiger partial charge in [-0.1, -0.05) is 25.1 Å².